The lowest BCUT2D eigenvalue weighted by Gasteiger charge is -2.24. The van der Waals surface area contributed by atoms with E-state index in [0.717, 1.165) is 25.9 Å². The third-order valence-electron chi connectivity index (χ3n) is 3.24. The number of carbonyl (C=O) groups is 1. The van der Waals surface area contributed by atoms with E-state index in [0.29, 0.717) is 19.5 Å². The van der Waals surface area contributed by atoms with Gasteiger partial charge in [0, 0.05) is 13.1 Å². The molecule has 2 aliphatic heterocycles. The largest absolute Gasteiger partial charge is 0.391 e. The van der Waals surface area contributed by atoms with Crippen LogP contribution in [0.4, 0.5) is 0 Å². The lowest BCUT2D eigenvalue weighted by atomic mass is 10.1. The van der Waals surface area contributed by atoms with Crippen LogP contribution >= 0.6 is 0 Å². The summed E-state index contributed by atoms with van der Waals surface area (Å²) in [6.45, 7) is 3.24. The van der Waals surface area contributed by atoms with Crippen molar-refractivity contribution in [2.75, 3.05) is 32.8 Å². The molecule has 0 aliphatic carbocycles. The maximum Gasteiger partial charge on any atom is 0.248 e. The number of likely N-dealkylation sites (tertiary alicyclic amines) is 1. The lowest BCUT2D eigenvalue weighted by molar-refractivity contribution is -0.138. The molecular formula is C11H20N2O3. The highest BCUT2D eigenvalue weighted by Crippen LogP contribution is 2.11. The van der Waals surface area contributed by atoms with Gasteiger partial charge in [0.1, 0.15) is 6.61 Å². The summed E-state index contributed by atoms with van der Waals surface area (Å²) in [7, 11) is 0. The monoisotopic (exact) mass is 228 g/mol. The second kappa shape index (κ2) is 5.61. The number of ether oxygens (including phenoxy) is 1. The highest BCUT2D eigenvalue weighted by molar-refractivity contribution is 5.77. The first-order valence-electron chi connectivity index (χ1n) is 6.04. The predicted octanol–water partition coefficient (Wildman–Crippen LogP) is -0.652. The number of piperidine rings is 1. The van der Waals surface area contributed by atoms with E-state index < -0.39 is 0 Å². The zero-order valence-corrected chi connectivity index (χ0v) is 9.52. The molecular weight excluding hydrogens is 208 g/mol. The van der Waals surface area contributed by atoms with Crippen LogP contribution in [0.5, 0.6) is 0 Å². The SMILES string of the molecule is O=C(COC1CCNCC1)N1CC[C@H](O)C1. The molecule has 0 aromatic rings. The number of hydrogen-bond acceptors (Lipinski definition) is 4. The Morgan fingerprint density at radius 3 is 2.75 bits per heavy atom. The molecule has 2 rings (SSSR count). The van der Waals surface area contributed by atoms with Crippen molar-refractivity contribution in [3.63, 3.8) is 0 Å². The summed E-state index contributed by atoms with van der Waals surface area (Å²) >= 11 is 0. The Kier molecular flexibility index (Phi) is 4.15. The van der Waals surface area contributed by atoms with Crippen LogP contribution in [0, 0.1) is 0 Å². The molecule has 2 N–H and O–H groups in total. The number of nitrogens with one attached hydrogen (secondary N) is 1. The first-order chi connectivity index (χ1) is 7.75. The van der Waals surface area contributed by atoms with E-state index in [4.69, 9.17) is 4.74 Å². The van der Waals surface area contributed by atoms with Crippen LogP contribution in [-0.4, -0.2) is 60.9 Å². The standard InChI is InChI=1S/C11H20N2O3/c14-9-3-6-13(7-9)11(15)8-16-10-1-4-12-5-2-10/h9-10,12,14H,1-8H2/t9-/m0/s1. The number of nitrogens with zero attached hydrogens (tertiary/aromatic N) is 1. The molecule has 0 saturated carbocycles. The van der Waals surface area contributed by atoms with E-state index in [1.807, 2.05) is 0 Å². The maximum atomic E-state index is 11.7. The van der Waals surface area contributed by atoms with Gasteiger partial charge in [-0.3, -0.25) is 4.79 Å². The van der Waals surface area contributed by atoms with Crippen molar-refractivity contribution in [3.05, 3.63) is 0 Å². The van der Waals surface area contributed by atoms with Crippen molar-refractivity contribution in [1.29, 1.82) is 0 Å². The Hall–Kier alpha value is -0.650. The highest BCUT2D eigenvalue weighted by atomic mass is 16.5. The summed E-state index contributed by atoms with van der Waals surface area (Å²) in [4.78, 5) is 13.4. The van der Waals surface area contributed by atoms with Crippen molar-refractivity contribution in [3.8, 4) is 0 Å². The van der Waals surface area contributed by atoms with E-state index >= 15 is 0 Å². The lowest BCUT2D eigenvalue weighted by Crippen LogP contribution is -2.37. The topological polar surface area (TPSA) is 61.8 Å². The van der Waals surface area contributed by atoms with Gasteiger partial charge in [-0.25, -0.2) is 0 Å². The molecule has 5 nitrogen and oxygen atoms in total. The molecule has 2 heterocycles. The first kappa shape index (κ1) is 11.8. The second-order valence-corrected chi connectivity index (χ2v) is 4.54. The maximum absolute atomic E-state index is 11.7. The molecule has 0 bridgehead atoms. The van der Waals surface area contributed by atoms with E-state index in [1.165, 1.54) is 0 Å². The molecule has 92 valence electrons. The number of aliphatic hydroxyl groups is 1. The van der Waals surface area contributed by atoms with Gasteiger partial charge < -0.3 is 20.1 Å². The fraction of sp³-hybridized carbons (Fsp3) is 0.909. The van der Waals surface area contributed by atoms with Crippen LogP contribution in [0.25, 0.3) is 0 Å². The summed E-state index contributed by atoms with van der Waals surface area (Å²) in [6, 6.07) is 0. The van der Waals surface area contributed by atoms with Crippen molar-refractivity contribution in [2.45, 2.75) is 31.5 Å². The fourth-order valence-corrected chi connectivity index (χ4v) is 2.21. The molecule has 0 radical (unpaired) electrons. The molecule has 0 aromatic heterocycles. The molecule has 0 spiro atoms. The van der Waals surface area contributed by atoms with Crippen molar-refractivity contribution in [2.24, 2.45) is 0 Å². The quantitative estimate of drug-likeness (QED) is 0.674. The normalized spacial score (nSPS) is 27.3. The van der Waals surface area contributed by atoms with Crippen LogP contribution in [-0.2, 0) is 9.53 Å². The Balaban J connectivity index is 1.67. The minimum atomic E-state index is -0.345. The number of carbonyl (C=O) groups excluding carboxylic acids is 1. The number of hydrogen-bond donors (Lipinski definition) is 2. The molecule has 0 aromatic carbocycles. The third kappa shape index (κ3) is 3.17. The number of rotatable bonds is 3. The van der Waals surface area contributed by atoms with Gasteiger partial charge in [0.15, 0.2) is 0 Å². The Labute approximate surface area is 95.8 Å². The minimum Gasteiger partial charge on any atom is -0.391 e. The van der Waals surface area contributed by atoms with Crippen LogP contribution in [0.1, 0.15) is 19.3 Å². The van der Waals surface area contributed by atoms with Gasteiger partial charge in [-0.1, -0.05) is 0 Å². The highest BCUT2D eigenvalue weighted by Gasteiger charge is 2.25. The van der Waals surface area contributed by atoms with E-state index in [2.05, 4.69) is 5.32 Å². The van der Waals surface area contributed by atoms with E-state index in [9.17, 15) is 9.90 Å². The smallest absolute Gasteiger partial charge is 0.248 e. The molecule has 5 heteroatoms. The predicted molar refractivity (Wildman–Crippen MR) is 59.0 cm³/mol. The molecule has 1 atom stereocenters. The second-order valence-electron chi connectivity index (χ2n) is 4.54. The van der Waals surface area contributed by atoms with Gasteiger partial charge in [0.2, 0.25) is 5.91 Å². The van der Waals surface area contributed by atoms with Gasteiger partial charge in [-0.05, 0) is 32.4 Å². The van der Waals surface area contributed by atoms with Gasteiger partial charge in [0.25, 0.3) is 0 Å². The van der Waals surface area contributed by atoms with Crippen molar-refractivity contribution >= 4 is 5.91 Å². The average molecular weight is 228 g/mol. The average Bonchev–Trinajstić information content (AvgIpc) is 2.74. The van der Waals surface area contributed by atoms with E-state index in [1.54, 1.807) is 4.90 Å². The van der Waals surface area contributed by atoms with Crippen LogP contribution < -0.4 is 5.32 Å². The van der Waals surface area contributed by atoms with E-state index in [-0.39, 0.29) is 24.7 Å². The van der Waals surface area contributed by atoms with Gasteiger partial charge in [-0.2, -0.15) is 0 Å². The minimum absolute atomic E-state index is 0.00934. The van der Waals surface area contributed by atoms with Gasteiger partial charge in [0.05, 0.1) is 12.2 Å². The Morgan fingerprint density at radius 2 is 2.12 bits per heavy atom. The molecule has 1 amide bonds. The summed E-state index contributed by atoms with van der Waals surface area (Å²) in [5.74, 6) is 0.00934. The molecule has 16 heavy (non-hydrogen) atoms. The molecule has 0 unspecified atom stereocenters. The van der Waals surface area contributed by atoms with Crippen LogP contribution in [0.3, 0.4) is 0 Å². The summed E-state index contributed by atoms with van der Waals surface area (Å²) in [5, 5.41) is 12.6. The molecule has 2 fully saturated rings. The van der Waals surface area contributed by atoms with Gasteiger partial charge >= 0.3 is 0 Å². The van der Waals surface area contributed by atoms with Crippen LogP contribution in [0.15, 0.2) is 0 Å². The van der Waals surface area contributed by atoms with Gasteiger partial charge in [-0.15, -0.1) is 0 Å². The van der Waals surface area contributed by atoms with Crippen LogP contribution in [0.2, 0.25) is 0 Å². The Bertz CT molecular complexity index is 241. The summed E-state index contributed by atoms with van der Waals surface area (Å²) < 4.78 is 5.58. The number of β-amino-alcohol motifs (C(OH)–C–C–N with tert-alkyl or cyclic N) is 1. The molecule has 2 aliphatic rings. The third-order valence-corrected chi connectivity index (χ3v) is 3.24. The zero-order chi connectivity index (χ0) is 11.4. The van der Waals surface area contributed by atoms with Crippen molar-refractivity contribution in [1.82, 2.24) is 10.2 Å². The number of amides is 1. The fourth-order valence-electron chi connectivity index (χ4n) is 2.21. The number of aliphatic hydroxyl groups excluding tert-OH is 1. The summed E-state index contributed by atoms with van der Waals surface area (Å²) in [5.41, 5.74) is 0. The Morgan fingerprint density at radius 1 is 1.38 bits per heavy atom. The molecule has 2 saturated heterocycles. The summed E-state index contributed by atoms with van der Waals surface area (Å²) in [6.07, 6.45) is 2.53. The zero-order valence-electron chi connectivity index (χ0n) is 9.52. The first-order valence-corrected chi connectivity index (χ1v) is 6.04. The van der Waals surface area contributed by atoms with Crippen molar-refractivity contribution < 1.29 is 14.6 Å².